The highest BCUT2D eigenvalue weighted by atomic mass is 16.3. The normalized spacial score (nSPS) is 11.2. The van der Waals surface area contributed by atoms with Gasteiger partial charge in [-0.05, 0) is 35.4 Å². The zero-order valence-corrected chi connectivity index (χ0v) is 14.1. The molecule has 4 rings (SSSR count). The molecule has 0 atom stereocenters. The molecule has 0 fully saturated rings. The molecular weight excluding hydrogens is 320 g/mol. The summed E-state index contributed by atoms with van der Waals surface area (Å²) in [5.41, 5.74) is 10.3. The fourth-order valence-corrected chi connectivity index (χ4v) is 3.02. The Balaban J connectivity index is 1.69. The second kappa shape index (κ2) is 6.73. The summed E-state index contributed by atoms with van der Waals surface area (Å²) in [6, 6.07) is 27.2. The summed E-state index contributed by atoms with van der Waals surface area (Å²) >= 11 is 0. The molecule has 26 heavy (non-hydrogen) atoms. The van der Waals surface area contributed by atoms with Crippen LogP contribution in [0, 0.1) is 0 Å². The summed E-state index contributed by atoms with van der Waals surface area (Å²) in [6.45, 7) is 0. The van der Waals surface area contributed by atoms with Gasteiger partial charge in [-0.3, -0.25) is 4.99 Å². The monoisotopic (exact) mass is 338 g/mol. The molecule has 0 aromatic heterocycles. The Morgan fingerprint density at radius 1 is 0.731 bits per heavy atom. The van der Waals surface area contributed by atoms with Gasteiger partial charge in [0.1, 0.15) is 5.75 Å². The van der Waals surface area contributed by atoms with Gasteiger partial charge in [0.2, 0.25) is 0 Å². The number of aliphatic imine (C=N–C) groups is 1. The van der Waals surface area contributed by atoms with Crippen LogP contribution in [-0.4, -0.2) is 11.3 Å². The number of phenolic OH excluding ortho intramolecular Hbond substituents is 1. The van der Waals surface area contributed by atoms with Crippen LogP contribution in [0.25, 0.3) is 21.9 Å². The predicted octanol–water partition coefficient (Wildman–Crippen LogP) is 5.55. The molecule has 3 N–H and O–H groups in total. The molecular formula is C23H18N2O. The van der Waals surface area contributed by atoms with Gasteiger partial charge in [-0.1, -0.05) is 60.7 Å². The molecule has 4 aromatic carbocycles. The van der Waals surface area contributed by atoms with Gasteiger partial charge < -0.3 is 10.8 Å². The fraction of sp³-hybridized carbons (Fsp3) is 0. The Labute approximate surface area is 152 Å². The predicted molar refractivity (Wildman–Crippen MR) is 109 cm³/mol. The molecule has 3 nitrogen and oxygen atoms in total. The molecule has 3 heteroatoms. The van der Waals surface area contributed by atoms with Gasteiger partial charge in [-0.2, -0.15) is 0 Å². The Morgan fingerprint density at radius 2 is 1.46 bits per heavy atom. The third kappa shape index (κ3) is 3.03. The Bertz CT molecular complexity index is 1100. The van der Waals surface area contributed by atoms with Gasteiger partial charge in [-0.15, -0.1) is 0 Å². The van der Waals surface area contributed by atoms with Crippen LogP contribution in [0.2, 0.25) is 0 Å². The van der Waals surface area contributed by atoms with Crippen molar-refractivity contribution in [2.45, 2.75) is 0 Å². The fourth-order valence-electron chi connectivity index (χ4n) is 3.02. The summed E-state index contributed by atoms with van der Waals surface area (Å²) < 4.78 is 0. The molecule has 0 heterocycles. The first-order valence-corrected chi connectivity index (χ1v) is 8.42. The summed E-state index contributed by atoms with van der Waals surface area (Å²) in [4.78, 5) is 4.57. The first-order valence-electron chi connectivity index (χ1n) is 8.42. The minimum absolute atomic E-state index is 0.204. The Hall–Kier alpha value is -3.59. The highest BCUT2D eigenvalue weighted by Crippen LogP contribution is 2.31. The van der Waals surface area contributed by atoms with E-state index in [0.717, 1.165) is 33.3 Å². The van der Waals surface area contributed by atoms with Crippen molar-refractivity contribution in [3.05, 3.63) is 90.5 Å². The van der Waals surface area contributed by atoms with E-state index in [-0.39, 0.29) is 5.75 Å². The number of benzene rings is 4. The number of hydrogen-bond donors (Lipinski definition) is 2. The number of nitrogen functional groups attached to an aromatic ring is 1. The van der Waals surface area contributed by atoms with Crippen molar-refractivity contribution >= 4 is 28.4 Å². The highest BCUT2D eigenvalue weighted by Gasteiger charge is 2.05. The van der Waals surface area contributed by atoms with E-state index in [1.807, 2.05) is 78.9 Å². The van der Waals surface area contributed by atoms with Crippen LogP contribution >= 0.6 is 0 Å². The number of aromatic hydroxyl groups is 1. The van der Waals surface area contributed by atoms with Crippen molar-refractivity contribution in [1.82, 2.24) is 0 Å². The maximum absolute atomic E-state index is 10.4. The van der Waals surface area contributed by atoms with Gasteiger partial charge in [0.15, 0.2) is 0 Å². The Kier molecular flexibility index (Phi) is 4.12. The maximum atomic E-state index is 10.4. The van der Waals surface area contributed by atoms with Crippen LogP contribution in [0.3, 0.4) is 0 Å². The number of anilines is 1. The molecule has 0 aliphatic rings. The molecule has 0 bridgehead atoms. The van der Waals surface area contributed by atoms with Crippen LogP contribution < -0.4 is 5.73 Å². The second-order valence-corrected chi connectivity index (χ2v) is 6.12. The number of rotatable bonds is 3. The van der Waals surface area contributed by atoms with Crippen molar-refractivity contribution in [2.75, 3.05) is 5.73 Å². The summed E-state index contributed by atoms with van der Waals surface area (Å²) in [5.74, 6) is 0.204. The Morgan fingerprint density at radius 3 is 2.23 bits per heavy atom. The zero-order valence-electron chi connectivity index (χ0n) is 14.1. The number of nitrogens with two attached hydrogens (primary N) is 1. The molecule has 0 aliphatic carbocycles. The lowest BCUT2D eigenvalue weighted by molar-refractivity contribution is 0.475. The van der Waals surface area contributed by atoms with Gasteiger partial charge in [-0.25, -0.2) is 0 Å². The molecule has 0 aliphatic heterocycles. The van der Waals surface area contributed by atoms with Crippen LogP contribution in [0.15, 0.2) is 89.9 Å². The third-order valence-corrected chi connectivity index (χ3v) is 4.42. The zero-order chi connectivity index (χ0) is 17.9. The molecule has 126 valence electrons. The average molecular weight is 338 g/mol. The molecule has 4 aromatic rings. The second-order valence-electron chi connectivity index (χ2n) is 6.12. The SMILES string of the molecule is Nc1ccc(/N=C/c2ccc(-c3ccccc3)cc2O)c2ccccc12. The number of fused-ring (bicyclic) bond motifs is 1. The first kappa shape index (κ1) is 15.9. The van der Waals surface area contributed by atoms with Gasteiger partial charge in [0.05, 0.1) is 5.69 Å². The highest BCUT2D eigenvalue weighted by molar-refractivity contribution is 6.01. The van der Waals surface area contributed by atoms with Gasteiger partial charge in [0, 0.05) is 28.2 Å². The molecule has 0 saturated heterocycles. The smallest absolute Gasteiger partial charge is 0.124 e. The van der Waals surface area contributed by atoms with Crippen molar-refractivity contribution in [3.63, 3.8) is 0 Å². The number of nitrogens with zero attached hydrogens (tertiary/aromatic N) is 1. The summed E-state index contributed by atoms with van der Waals surface area (Å²) in [6.07, 6.45) is 1.68. The quantitative estimate of drug-likeness (QED) is 0.380. The van der Waals surface area contributed by atoms with Crippen LogP contribution in [0.5, 0.6) is 5.75 Å². The van der Waals surface area contributed by atoms with E-state index in [1.165, 1.54) is 0 Å². The topological polar surface area (TPSA) is 58.6 Å². The average Bonchev–Trinajstić information content (AvgIpc) is 2.69. The van der Waals surface area contributed by atoms with Crippen molar-refractivity contribution in [3.8, 4) is 16.9 Å². The van der Waals surface area contributed by atoms with Crippen LogP contribution in [0.1, 0.15) is 5.56 Å². The summed E-state index contributed by atoms with van der Waals surface area (Å²) in [5, 5.41) is 12.3. The molecule has 0 radical (unpaired) electrons. The van der Waals surface area contributed by atoms with Crippen LogP contribution in [0.4, 0.5) is 11.4 Å². The van der Waals surface area contributed by atoms with E-state index in [2.05, 4.69) is 4.99 Å². The van der Waals surface area contributed by atoms with Gasteiger partial charge in [0.25, 0.3) is 0 Å². The van der Waals surface area contributed by atoms with E-state index in [9.17, 15) is 5.11 Å². The first-order chi connectivity index (χ1) is 12.7. The molecule has 0 saturated carbocycles. The maximum Gasteiger partial charge on any atom is 0.124 e. The lowest BCUT2D eigenvalue weighted by atomic mass is 10.0. The number of hydrogen-bond acceptors (Lipinski definition) is 3. The van der Waals surface area contributed by atoms with E-state index in [1.54, 1.807) is 12.3 Å². The lowest BCUT2D eigenvalue weighted by Crippen LogP contribution is -1.87. The van der Waals surface area contributed by atoms with E-state index >= 15 is 0 Å². The molecule has 0 spiro atoms. The van der Waals surface area contributed by atoms with Crippen molar-refractivity contribution in [2.24, 2.45) is 4.99 Å². The van der Waals surface area contributed by atoms with E-state index in [0.29, 0.717) is 5.56 Å². The summed E-state index contributed by atoms with van der Waals surface area (Å²) in [7, 11) is 0. The van der Waals surface area contributed by atoms with Crippen molar-refractivity contribution < 1.29 is 5.11 Å². The largest absolute Gasteiger partial charge is 0.507 e. The molecule has 0 amide bonds. The van der Waals surface area contributed by atoms with Crippen LogP contribution in [-0.2, 0) is 0 Å². The number of phenols is 1. The van der Waals surface area contributed by atoms with Crippen molar-refractivity contribution in [1.29, 1.82) is 0 Å². The van der Waals surface area contributed by atoms with E-state index < -0.39 is 0 Å². The minimum atomic E-state index is 0.204. The van der Waals surface area contributed by atoms with E-state index in [4.69, 9.17) is 5.73 Å². The van der Waals surface area contributed by atoms with Gasteiger partial charge >= 0.3 is 0 Å². The standard InChI is InChI=1S/C23H18N2O/c24-21-12-13-22(20-9-5-4-8-19(20)21)25-15-18-11-10-17(14-23(18)26)16-6-2-1-3-7-16/h1-15,26H,24H2/b25-15+. The minimum Gasteiger partial charge on any atom is -0.507 e. The molecule has 0 unspecified atom stereocenters. The lowest BCUT2D eigenvalue weighted by Gasteiger charge is -2.06. The third-order valence-electron chi connectivity index (χ3n) is 4.42.